The molecule has 1 saturated heterocycles. The molecule has 65 heavy (non-hydrogen) atoms. The zero-order chi connectivity index (χ0) is 45.4. The lowest BCUT2D eigenvalue weighted by atomic mass is 9.86. The lowest BCUT2D eigenvalue weighted by Crippen LogP contribution is -2.69. The van der Waals surface area contributed by atoms with Crippen LogP contribution in [0, 0.1) is 5.92 Å². The first-order chi connectivity index (χ1) is 31.5. The number of phenols is 1. The Hall–Kier alpha value is -5.36. The highest BCUT2D eigenvalue weighted by molar-refractivity contribution is 6.11. The summed E-state index contributed by atoms with van der Waals surface area (Å²) in [4.78, 5) is 34.3. The Morgan fingerprint density at radius 2 is 1.89 bits per heavy atom. The van der Waals surface area contributed by atoms with Gasteiger partial charge >= 0.3 is 0 Å². The largest absolute Gasteiger partial charge is 0.506 e. The molecule has 15 nitrogen and oxygen atoms in total. The van der Waals surface area contributed by atoms with Crippen LogP contribution in [0.2, 0.25) is 0 Å². The van der Waals surface area contributed by atoms with E-state index >= 15 is 0 Å². The number of phenolic OH excluding ortho intramolecular Hbond substituents is 1. The molecule has 342 valence electrons. The fourth-order valence-corrected chi connectivity index (χ4v) is 9.89. The molecule has 0 spiro atoms. The molecule has 1 saturated carbocycles. The fourth-order valence-electron chi connectivity index (χ4n) is 9.89. The van der Waals surface area contributed by atoms with Crippen LogP contribution in [0.1, 0.15) is 93.0 Å². The zero-order valence-electron chi connectivity index (χ0n) is 36.6. The fraction of sp³-hybridized carbons (Fsp3) is 0.440. The van der Waals surface area contributed by atoms with Crippen LogP contribution in [0.25, 0.3) is 16.8 Å². The van der Waals surface area contributed by atoms with Crippen molar-refractivity contribution in [3.63, 3.8) is 0 Å². The van der Waals surface area contributed by atoms with E-state index in [1.807, 2.05) is 36.4 Å². The van der Waals surface area contributed by atoms with Crippen LogP contribution in [-0.4, -0.2) is 132 Å². The highest BCUT2D eigenvalue weighted by atomic mass is 16.7. The van der Waals surface area contributed by atoms with Crippen molar-refractivity contribution in [3.8, 4) is 17.2 Å². The lowest BCUT2D eigenvalue weighted by molar-refractivity contribution is -0.329. The first-order valence-electron chi connectivity index (χ1n) is 22.4. The molecule has 1 amide bonds. The Labute approximate surface area is 377 Å². The van der Waals surface area contributed by atoms with Gasteiger partial charge in [-0.2, -0.15) is 4.99 Å². The maximum Gasteiger partial charge on any atom is 0.254 e. The third-order valence-corrected chi connectivity index (χ3v) is 13.5. The van der Waals surface area contributed by atoms with Gasteiger partial charge in [0.15, 0.2) is 22.6 Å². The summed E-state index contributed by atoms with van der Waals surface area (Å²) in [6.45, 7) is 0.733. The number of nitrogens with zero attached hydrogens (tertiary/aromatic N) is 2. The standard InChI is InChI=1S/C50H55N3O12/c1-61-18-8-7-17-51-22-28-13-15-37-35(19-28)36(23-52-37)39-16-14-33-40(62-2)21-31-20-34(29-9-3-4-10-29)43(38(55)25-53-24-30-11-5-6-12-32(30)48(53)59)45(57)42(31)46(33)65-49-50(60,27-54)47(58)44(56)41(64-49)26-63-39/h5-6,11-16,19-21,23,29,39,41,44,47,49,51,54,56,58,60H,3-4,7-10,17-18,22,24-27H2,1-2H3/p+1/b16-14-/t39-,41-,44-,47+,49-,50-/m1/s1. The molecule has 0 unspecified atom stereocenters. The number of aromatic hydroxyl groups is 1. The molecule has 6 atom stereocenters. The molecule has 0 radical (unpaired) electrons. The van der Waals surface area contributed by atoms with Crippen LogP contribution in [0.4, 0.5) is 5.69 Å². The number of amides is 1. The van der Waals surface area contributed by atoms with Crippen molar-refractivity contribution in [2.45, 2.75) is 93.8 Å². The van der Waals surface area contributed by atoms with Gasteiger partial charge < -0.3 is 59.4 Å². The van der Waals surface area contributed by atoms with Crippen LogP contribution in [0.3, 0.4) is 0 Å². The molecular formula is C50H56N3O12+. The van der Waals surface area contributed by atoms with E-state index in [9.17, 15) is 35.1 Å². The summed E-state index contributed by atoms with van der Waals surface area (Å²) >= 11 is 0. The average Bonchev–Trinajstić information content (AvgIpc) is 4.07. The first kappa shape index (κ1) is 44.8. The molecule has 4 heterocycles. The van der Waals surface area contributed by atoms with E-state index in [-0.39, 0.29) is 53.8 Å². The van der Waals surface area contributed by atoms with E-state index in [4.69, 9.17) is 23.7 Å². The van der Waals surface area contributed by atoms with Crippen LogP contribution in [0.5, 0.6) is 17.2 Å². The third kappa shape index (κ3) is 8.40. The molecule has 15 heteroatoms. The molecule has 9 rings (SSSR count). The number of ketones is 1. The van der Waals surface area contributed by atoms with Crippen molar-refractivity contribution in [3.05, 3.63) is 106 Å². The second-order valence-electron chi connectivity index (χ2n) is 17.6. The first-order valence-corrected chi connectivity index (χ1v) is 22.4. The number of methoxy groups -OCH3 is 2. The summed E-state index contributed by atoms with van der Waals surface area (Å²) in [5.74, 6) is -0.293. The van der Waals surface area contributed by atoms with Gasteiger partial charge in [0, 0.05) is 44.0 Å². The average molecular weight is 891 g/mol. The minimum absolute atomic E-state index is 0.0496. The number of carbonyl (C=O) groups excluding carboxylic acids is 2. The summed E-state index contributed by atoms with van der Waals surface area (Å²) < 4.78 is 30.5. The van der Waals surface area contributed by atoms with Crippen LogP contribution in [-0.2, 0) is 27.3 Å². The van der Waals surface area contributed by atoms with Crippen molar-refractivity contribution >= 4 is 40.4 Å². The monoisotopic (exact) mass is 890 g/mol. The number of rotatable bonds is 14. The second-order valence-corrected chi connectivity index (χ2v) is 17.6. The molecule has 5 aliphatic rings. The van der Waals surface area contributed by atoms with E-state index in [1.54, 1.807) is 43.7 Å². The molecular weight excluding hydrogens is 835 g/mol. The van der Waals surface area contributed by atoms with Gasteiger partial charge in [-0.1, -0.05) is 31.0 Å². The van der Waals surface area contributed by atoms with Gasteiger partial charge in [0.2, 0.25) is 6.29 Å². The number of hydrogen-bond donors (Lipinski definition) is 6. The van der Waals surface area contributed by atoms with E-state index < -0.39 is 54.4 Å². The number of carbonyl (C=O) groups is 2. The van der Waals surface area contributed by atoms with Gasteiger partial charge in [0.1, 0.15) is 53.8 Å². The number of fused-ring (bicyclic) bond motifs is 7. The number of benzene rings is 4. The normalized spacial score (nSPS) is 25.6. The Bertz CT molecular complexity index is 2500. The number of aliphatic imine (C=N–C) groups is 1. The number of aliphatic hydroxyl groups excluding tert-OH is 3. The number of aliphatic hydroxyl groups is 4. The summed E-state index contributed by atoms with van der Waals surface area (Å²) in [7, 11) is 3.17. The van der Waals surface area contributed by atoms with Crippen LogP contribution < -0.4 is 14.8 Å². The van der Waals surface area contributed by atoms with Gasteiger partial charge in [-0.3, -0.25) is 9.59 Å². The molecule has 6 N–H and O–H groups in total. The smallest absolute Gasteiger partial charge is 0.254 e. The number of Topliss-reactive ketones (excluding diaryl/α,β-unsaturated/α-hetero) is 1. The summed E-state index contributed by atoms with van der Waals surface area (Å²) in [5, 5.41) is 61.9. The van der Waals surface area contributed by atoms with E-state index in [0.29, 0.717) is 41.3 Å². The third-order valence-electron chi connectivity index (χ3n) is 13.5. The quantitative estimate of drug-likeness (QED) is 0.0569. The van der Waals surface area contributed by atoms with Gasteiger partial charge in [-0.25, -0.2) is 0 Å². The molecule has 4 aliphatic heterocycles. The Morgan fingerprint density at radius 1 is 1.08 bits per heavy atom. The maximum absolute atomic E-state index is 14.7. The summed E-state index contributed by atoms with van der Waals surface area (Å²) in [6, 6.07) is 16.8. The van der Waals surface area contributed by atoms with Gasteiger partial charge in [0.05, 0.1) is 49.4 Å². The topological polar surface area (TPSA) is 209 Å². The zero-order valence-corrected chi connectivity index (χ0v) is 36.6. The summed E-state index contributed by atoms with van der Waals surface area (Å²) in [6.07, 6.45) is 2.93. The predicted octanol–water partition coefficient (Wildman–Crippen LogP) is 4.87. The van der Waals surface area contributed by atoms with Crippen LogP contribution in [0.15, 0.2) is 65.7 Å². The minimum Gasteiger partial charge on any atom is -0.506 e. The molecule has 2 fully saturated rings. The molecule has 2 bridgehead atoms. The predicted molar refractivity (Wildman–Crippen MR) is 241 cm³/mol. The molecule has 1 aliphatic carbocycles. The number of ether oxygens (including phenoxy) is 5. The van der Waals surface area contributed by atoms with Gasteiger partial charge in [-0.15, -0.1) is 0 Å². The Balaban J connectivity index is 1.16. The lowest BCUT2D eigenvalue weighted by Gasteiger charge is -2.47. The Kier molecular flexibility index (Phi) is 13.0. The van der Waals surface area contributed by atoms with Gasteiger partial charge in [0.25, 0.3) is 5.91 Å². The number of unbranched alkanes of at least 4 members (excludes halogenated alkanes) is 1. The second kappa shape index (κ2) is 18.9. The minimum atomic E-state index is -2.57. The maximum atomic E-state index is 14.7. The molecule has 4 aromatic rings. The van der Waals surface area contributed by atoms with E-state index in [2.05, 4.69) is 10.3 Å². The van der Waals surface area contributed by atoms with Crippen molar-refractivity contribution in [1.29, 1.82) is 0 Å². The Morgan fingerprint density at radius 3 is 2.66 bits per heavy atom. The number of hydrogen-bond acceptors (Lipinski definition) is 14. The van der Waals surface area contributed by atoms with E-state index in [1.165, 1.54) is 12.0 Å². The van der Waals surface area contributed by atoms with Crippen molar-refractivity contribution in [1.82, 2.24) is 10.2 Å². The van der Waals surface area contributed by atoms with Crippen molar-refractivity contribution in [2.24, 2.45) is 4.99 Å². The van der Waals surface area contributed by atoms with Crippen molar-refractivity contribution in [2.75, 3.05) is 47.1 Å². The molecule has 0 aromatic heterocycles. The number of nitrogens with one attached hydrogen (secondary N) is 1. The highest BCUT2D eigenvalue weighted by Gasteiger charge is 2.57. The van der Waals surface area contributed by atoms with Crippen molar-refractivity contribution < 1.29 is 58.8 Å². The highest BCUT2D eigenvalue weighted by Crippen LogP contribution is 2.50. The molecule has 4 aromatic carbocycles. The van der Waals surface area contributed by atoms with E-state index in [0.717, 1.165) is 67.4 Å². The SMILES string of the molecule is COCCCCNCc1ccc2c(c1)[C+]([C@H]1/C=C\c3c(OC)cc4cc(C5CCCC5)c(C(=O)CN5Cc6ccccc6C5=O)c(O)c4c3O[C@H]3O[C@H](CO1)[C@@H](O)[C@H](O)[C@]3(O)CO)C=N2. The van der Waals surface area contributed by atoms with Crippen LogP contribution >= 0.6 is 0 Å². The summed E-state index contributed by atoms with van der Waals surface area (Å²) in [5.41, 5.74) is 2.31. The van der Waals surface area contributed by atoms with Gasteiger partial charge in [-0.05, 0) is 91.1 Å².